The largest absolute Gasteiger partial charge is 0.386 e. The number of nitrogens with zero attached hydrogens (tertiary/aromatic N) is 5. The van der Waals surface area contributed by atoms with Crippen LogP contribution < -0.4 is 5.43 Å². The van der Waals surface area contributed by atoms with Crippen molar-refractivity contribution < 1.29 is 22.8 Å². The molecule has 0 aliphatic carbocycles. The zero-order valence-corrected chi connectivity index (χ0v) is 19.0. The van der Waals surface area contributed by atoms with Crippen molar-refractivity contribution in [2.45, 2.75) is 37.3 Å². The summed E-state index contributed by atoms with van der Waals surface area (Å²) >= 11 is 1.14. The molecule has 1 amide bonds. The van der Waals surface area contributed by atoms with Crippen molar-refractivity contribution >= 4 is 23.0 Å². The Morgan fingerprint density at radius 3 is 2.74 bits per heavy atom. The van der Waals surface area contributed by atoms with E-state index in [2.05, 4.69) is 15.4 Å². The minimum atomic E-state index is -0.984. The third kappa shape index (κ3) is 3.63. The Kier molecular flexibility index (Phi) is 5.02. The molecular weight excluding hydrogens is 483 g/mol. The monoisotopic (exact) mass is 501 g/mol. The van der Waals surface area contributed by atoms with Crippen LogP contribution in [0.25, 0.3) is 0 Å². The van der Waals surface area contributed by atoms with Gasteiger partial charge in [0, 0.05) is 62.0 Å². The van der Waals surface area contributed by atoms with E-state index in [0.717, 1.165) is 11.3 Å². The number of benzene rings is 1. The lowest BCUT2D eigenvalue weighted by Gasteiger charge is -2.40. The van der Waals surface area contributed by atoms with Gasteiger partial charge < -0.3 is 14.3 Å². The third-order valence-electron chi connectivity index (χ3n) is 6.78. The van der Waals surface area contributed by atoms with Gasteiger partial charge in [0.05, 0.1) is 6.04 Å². The molecule has 0 saturated carbocycles. The zero-order valence-electron chi connectivity index (χ0n) is 18.2. The number of carbonyl (C=O) groups is 1. The van der Waals surface area contributed by atoms with Crippen LogP contribution in [0.15, 0.2) is 40.4 Å². The first kappa shape index (κ1) is 22.0. The number of pyridine rings is 1. The highest BCUT2D eigenvalue weighted by molar-refractivity contribution is 7.13. The fourth-order valence-corrected chi connectivity index (χ4v) is 5.91. The molecule has 3 aliphatic rings. The highest BCUT2D eigenvalue weighted by Gasteiger charge is 2.52. The molecule has 1 saturated heterocycles. The smallest absolute Gasteiger partial charge is 0.270 e. The number of halogens is 3. The molecule has 12 heteroatoms. The van der Waals surface area contributed by atoms with Crippen LogP contribution in [0.3, 0.4) is 0 Å². The molecule has 2 atom stereocenters. The van der Waals surface area contributed by atoms with E-state index in [1.54, 1.807) is 15.7 Å². The van der Waals surface area contributed by atoms with E-state index in [1.807, 2.05) is 0 Å². The third-order valence-corrected chi connectivity index (χ3v) is 7.75. The Bertz CT molecular complexity index is 1430. The van der Waals surface area contributed by atoms with Gasteiger partial charge in [-0.15, -0.1) is 10.2 Å². The standard InChI is InChI=1S/C23H18F3N5O3S/c24-12-6-15(25)14(16(26)7-12)9-20-27-28-21(35-20)17-10-23(34-29-17)3-1-4-30-11-19(23)31-5-2-13(32)8-18(31)22(30)33/h2,5-8,19H,1,3-4,9-11H2. The molecule has 3 aromatic rings. The second-order valence-electron chi connectivity index (χ2n) is 8.92. The van der Waals surface area contributed by atoms with Crippen LogP contribution in [0, 0.1) is 17.5 Å². The van der Waals surface area contributed by atoms with Gasteiger partial charge >= 0.3 is 0 Å². The molecular formula is C23H18F3N5O3S. The summed E-state index contributed by atoms with van der Waals surface area (Å²) in [4.78, 5) is 32.5. The van der Waals surface area contributed by atoms with E-state index in [1.165, 1.54) is 12.1 Å². The van der Waals surface area contributed by atoms with Crippen LogP contribution in [0.4, 0.5) is 13.2 Å². The topological polar surface area (TPSA) is 89.7 Å². The van der Waals surface area contributed by atoms with Gasteiger partial charge in [0.25, 0.3) is 5.91 Å². The van der Waals surface area contributed by atoms with Crippen molar-refractivity contribution in [1.29, 1.82) is 0 Å². The van der Waals surface area contributed by atoms with Crippen molar-refractivity contribution in [1.82, 2.24) is 19.7 Å². The number of aromatic nitrogens is 3. The Hall–Kier alpha value is -3.54. The number of carbonyl (C=O) groups excluding carboxylic acids is 1. The van der Waals surface area contributed by atoms with Gasteiger partial charge in [-0.05, 0) is 12.8 Å². The molecule has 0 N–H and O–H groups in total. The molecule has 0 radical (unpaired) electrons. The normalized spacial score (nSPS) is 23.2. The molecule has 180 valence electrons. The van der Waals surface area contributed by atoms with Crippen LogP contribution >= 0.6 is 11.3 Å². The maximum absolute atomic E-state index is 14.1. The minimum absolute atomic E-state index is 0.171. The van der Waals surface area contributed by atoms with E-state index >= 15 is 0 Å². The van der Waals surface area contributed by atoms with Gasteiger partial charge in [0.15, 0.2) is 16.0 Å². The molecule has 1 aromatic carbocycles. The molecule has 1 fully saturated rings. The van der Waals surface area contributed by atoms with Crippen molar-refractivity contribution in [3.8, 4) is 0 Å². The molecule has 35 heavy (non-hydrogen) atoms. The summed E-state index contributed by atoms with van der Waals surface area (Å²) < 4.78 is 43.1. The number of hydrogen-bond donors (Lipinski definition) is 0. The molecule has 2 bridgehead atoms. The Morgan fingerprint density at radius 2 is 1.94 bits per heavy atom. The molecule has 8 nitrogen and oxygen atoms in total. The highest BCUT2D eigenvalue weighted by atomic mass is 32.1. The van der Waals surface area contributed by atoms with Crippen LogP contribution in [-0.4, -0.2) is 50.0 Å². The van der Waals surface area contributed by atoms with Crippen molar-refractivity contribution in [3.05, 3.63) is 79.4 Å². The highest BCUT2D eigenvalue weighted by Crippen LogP contribution is 2.44. The van der Waals surface area contributed by atoms with Gasteiger partial charge in [0.1, 0.15) is 33.9 Å². The second kappa shape index (κ2) is 8.01. The summed E-state index contributed by atoms with van der Waals surface area (Å²) in [6, 6.07) is 3.78. The Labute approximate surface area is 200 Å². The second-order valence-corrected chi connectivity index (χ2v) is 9.98. The van der Waals surface area contributed by atoms with Crippen molar-refractivity contribution in [2.75, 3.05) is 13.1 Å². The quantitative estimate of drug-likeness (QED) is 0.551. The summed E-state index contributed by atoms with van der Waals surface area (Å²) in [6.45, 7) is 0.985. The maximum Gasteiger partial charge on any atom is 0.270 e. The van der Waals surface area contributed by atoms with Crippen LogP contribution in [0.1, 0.15) is 51.4 Å². The summed E-state index contributed by atoms with van der Waals surface area (Å²) in [5.74, 6) is -3.12. The van der Waals surface area contributed by atoms with Gasteiger partial charge in [0.2, 0.25) is 0 Å². The van der Waals surface area contributed by atoms with Gasteiger partial charge in [-0.25, -0.2) is 13.2 Å². The van der Waals surface area contributed by atoms with E-state index < -0.39 is 23.1 Å². The number of fused-ring (bicyclic) bond motifs is 5. The number of hydrogen-bond acceptors (Lipinski definition) is 7. The van der Waals surface area contributed by atoms with E-state index in [9.17, 15) is 22.8 Å². The van der Waals surface area contributed by atoms with Gasteiger partial charge in [-0.2, -0.15) is 0 Å². The van der Waals surface area contributed by atoms with Gasteiger partial charge in [-0.3, -0.25) is 9.59 Å². The molecule has 2 aromatic heterocycles. The minimum Gasteiger partial charge on any atom is -0.386 e. The van der Waals surface area contributed by atoms with E-state index in [-0.39, 0.29) is 29.4 Å². The van der Waals surface area contributed by atoms with Crippen molar-refractivity contribution in [3.63, 3.8) is 0 Å². The predicted octanol–water partition coefficient (Wildman–Crippen LogP) is 3.06. The lowest BCUT2D eigenvalue weighted by molar-refractivity contribution is -0.0653. The number of oxime groups is 1. The Balaban J connectivity index is 1.28. The van der Waals surface area contributed by atoms with Crippen LogP contribution in [-0.2, 0) is 11.3 Å². The fraction of sp³-hybridized carbons (Fsp3) is 0.348. The first-order valence-electron chi connectivity index (χ1n) is 11.1. The molecule has 1 spiro atoms. The van der Waals surface area contributed by atoms with E-state index in [4.69, 9.17) is 4.84 Å². The van der Waals surface area contributed by atoms with Crippen molar-refractivity contribution in [2.24, 2.45) is 5.16 Å². The summed E-state index contributed by atoms with van der Waals surface area (Å²) in [6.07, 6.45) is 3.20. The van der Waals surface area contributed by atoms with E-state index in [0.29, 0.717) is 65.9 Å². The predicted molar refractivity (Wildman–Crippen MR) is 119 cm³/mol. The summed E-state index contributed by atoms with van der Waals surface area (Å²) in [7, 11) is 0. The van der Waals surface area contributed by atoms with Crippen LogP contribution in [0.5, 0.6) is 0 Å². The average Bonchev–Trinajstić information content (AvgIpc) is 3.42. The first-order valence-corrected chi connectivity index (χ1v) is 11.9. The summed E-state index contributed by atoms with van der Waals surface area (Å²) in [5.41, 5.74) is -0.375. The Morgan fingerprint density at radius 1 is 1.14 bits per heavy atom. The molecule has 3 aliphatic heterocycles. The summed E-state index contributed by atoms with van der Waals surface area (Å²) in [5, 5.41) is 13.3. The molecule has 2 unspecified atom stereocenters. The number of rotatable bonds is 3. The molecule has 5 heterocycles. The number of amides is 1. The fourth-order valence-electron chi connectivity index (χ4n) is 5.08. The average molecular weight is 501 g/mol. The first-order chi connectivity index (χ1) is 16.8. The lowest BCUT2D eigenvalue weighted by Crippen LogP contribution is -2.50. The SMILES string of the molecule is O=C1c2cc(=O)ccn2C2CN1CCCC21CC(c2nnc(Cc3c(F)cc(F)cc3F)s2)=NO1. The lowest BCUT2D eigenvalue weighted by atomic mass is 9.84. The van der Waals surface area contributed by atoms with Crippen LogP contribution in [0.2, 0.25) is 0 Å². The maximum atomic E-state index is 14.1. The zero-order chi connectivity index (χ0) is 24.3. The van der Waals surface area contributed by atoms with Gasteiger partial charge in [-0.1, -0.05) is 16.5 Å². The molecule has 6 rings (SSSR count).